The molecule has 2 aromatic carbocycles. The van der Waals surface area contributed by atoms with Crippen LogP contribution in [0.5, 0.6) is 0 Å². The molecular formula is C24H28ClF3N2O2S. The smallest absolute Gasteiger partial charge is 0.416 e. The first-order valence-corrected chi connectivity index (χ1v) is 12.7. The summed E-state index contributed by atoms with van der Waals surface area (Å²) in [6.07, 6.45) is -2.51. The van der Waals surface area contributed by atoms with Gasteiger partial charge in [-0.3, -0.25) is 9.69 Å². The summed E-state index contributed by atoms with van der Waals surface area (Å²) in [5.41, 5.74) is -0.117. The lowest BCUT2D eigenvalue weighted by atomic mass is 9.98. The fourth-order valence-corrected chi connectivity index (χ4v) is 5.28. The number of rotatable bonds is 7. The number of benzene rings is 2. The highest BCUT2D eigenvalue weighted by Gasteiger charge is 2.34. The summed E-state index contributed by atoms with van der Waals surface area (Å²) in [5, 5.41) is 3.06. The fraction of sp³-hybridized carbons (Fsp3) is 0.458. The zero-order valence-electron chi connectivity index (χ0n) is 18.7. The Hall–Kier alpha value is -1.74. The van der Waals surface area contributed by atoms with E-state index in [1.54, 1.807) is 25.1 Å². The highest BCUT2D eigenvalue weighted by Crippen LogP contribution is 2.34. The Morgan fingerprint density at radius 2 is 2.00 bits per heavy atom. The summed E-state index contributed by atoms with van der Waals surface area (Å²) in [5.74, 6) is 0.220. The lowest BCUT2D eigenvalue weighted by molar-refractivity contribution is -0.138. The Morgan fingerprint density at radius 1 is 1.24 bits per heavy atom. The summed E-state index contributed by atoms with van der Waals surface area (Å²) < 4.78 is 53.7. The fourth-order valence-electron chi connectivity index (χ4n) is 4.13. The van der Waals surface area contributed by atoms with Crippen molar-refractivity contribution < 1.29 is 22.5 Å². The maximum absolute atomic E-state index is 13.8. The molecule has 3 rings (SSSR count). The van der Waals surface area contributed by atoms with Gasteiger partial charge in [-0.05, 0) is 79.3 Å². The summed E-state index contributed by atoms with van der Waals surface area (Å²) in [6, 6.07) is 8.61. The van der Waals surface area contributed by atoms with E-state index in [0.29, 0.717) is 27.2 Å². The van der Waals surface area contributed by atoms with Gasteiger partial charge in [-0.25, -0.2) is 0 Å². The van der Waals surface area contributed by atoms with E-state index in [0.717, 1.165) is 32.0 Å². The Kier molecular flexibility index (Phi) is 8.72. The lowest BCUT2D eigenvalue weighted by Gasteiger charge is -2.31. The van der Waals surface area contributed by atoms with Gasteiger partial charge in [-0.1, -0.05) is 24.6 Å². The molecule has 9 heteroatoms. The third-order valence-corrected chi connectivity index (χ3v) is 7.43. The molecule has 2 atom stereocenters. The summed E-state index contributed by atoms with van der Waals surface area (Å²) in [4.78, 5) is 15.3. The van der Waals surface area contributed by atoms with Crippen LogP contribution in [0.3, 0.4) is 0 Å². The predicted molar refractivity (Wildman–Crippen MR) is 125 cm³/mol. The molecule has 2 unspecified atom stereocenters. The zero-order valence-corrected chi connectivity index (χ0v) is 20.2. The van der Waals surface area contributed by atoms with Gasteiger partial charge in [0.15, 0.2) is 4.90 Å². The molecule has 1 aliphatic heterocycles. The van der Waals surface area contributed by atoms with Crippen LogP contribution < -0.4 is 5.32 Å². The van der Waals surface area contributed by atoms with Crippen molar-refractivity contribution >= 4 is 28.7 Å². The highest BCUT2D eigenvalue weighted by atomic mass is 35.5. The van der Waals surface area contributed by atoms with E-state index in [1.165, 1.54) is 12.1 Å². The van der Waals surface area contributed by atoms with Crippen molar-refractivity contribution in [3.05, 3.63) is 63.7 Å². The Labute approximate surface area is 200 Å². The second-order valence-corrected chi connectivity index (χ2v) is 10.6. The van der Waals surface area contributed by atoms with Crippen LogP contribution in [0, 0.1) is 5.92 Å². The van der Waals surface area contributed by atoms with E-state index in [-0.39, 0.29) is 24.2 Å². The minimum absolute atomic E-state index is 0.00916. The van der Waals surface area contributed by atoms with Crippen LogP contribution >= 0.6 is 11.6 Å². The van der Waals surface area contributed by atoms with Gasteiger partial charge in [-0.15, -0.1) is 0 Å². The second kappa shape index (κ2) is 11.1. The van der Waals surface area contributed by atoms with Gasteiger partial charge in [-0.2, -0.15) is 13.2 Å². The van der Waals surface area contributed by atoms with Gasteiger partial charge in [0.2, 0.25) is 0 Å². The molecule has 0 aliphatic carbocycles. The minimum Gasteiger partial charge on any atom is -0.611 e. The number of hydrogen-bond donors (Lipinski definition) is 1. The maximum atomic E-state index is 13.8. The van der Waals surface area contributed by atoms with E-state index < -0.39 is 28.8 Å². The van der Waals surface area contributed by atoms with Crippen LogP contribution in [0.4, 0.5) is 13.2 Å². The van der Waals surface area contributed by atoms with Crippen LogP contribution in [-0.2, 0) is 30.4 Å². The molecule has 180 valence electrons. The molecule has 0 bridgehead atoms. The molecule has 1 saturated heterocycles. The molecule has 0 spiro atoms. The number of hydrogen-bond acceptors (Lipinski definition) is 3. The summed E-state index contributed by atoms with van der Waals surface area (Å²) in [7, 11) is 0. The van der Waals surface area contributed by atoms with Gasteiger partial charge < -0.3 is 9.87 Å². The van der Waals surface area contributed by atoms with Crippen LogP contribution in [0.1, 0.15) is 53.7 Å². The predicted octanol–water partition coefficient (Wildman–Crippen LogP) is 5.65. The SMILES string of the molecule is CC[S+]([O-])c1ccc(Cl)cc1CNC(=O)c1ccc(CN2CCCC(C)C2)c(C(F)(F)F)c1. The molecule has 0 saturated carbocycles. The molecule has 1 fully saturated rings. The second-order valence-electron chi connectivity index (χ2n) is 8.42. The van der Waals surface area contributed by atoms with E-state index >= 15 is 0 Å². The number of halogens is 4. The van der Waals surface area contributed by atoms with Gasteiger partial charge >= 0.3 is 6.18 Å². The maximum Gasteiger partial charge on any atom is 0.416 e. The third kappa shape index (κ3) is 6.88. The molecule has 1 heterocycles. The molecule has 1 amide bonds. The van der Waals surface area contributed by atoms with E-state index in [2.05, 4.69) is 12.2 Å². The molecule has 2 aromatic rings. The van der Waals surface area contributed by atoms with Crippen LogP contribution in [0.2, 0.25) is 5.02 Å². The Balaban J connectivity index is 1.78. The summed E-state index contributed by atoms with van der Waals surface area (Å²) >= 11 is 4.78. The first-order valence-electron chi connectivity index (χ1n) is 11.0. The molecule has 0 radical (unpaired) electrons. The van der Waals surface area contributed by atoms with E-state index in [1.807, 2.05) is 4.90 Å². The molecular weight excluding hydrogens is 473 g/mol. The van der Waals surface area contributed by atoms with Crippen molar-refractivity contribution in [1.82, 2.24) is 10.2 Å². The van der Waals surface area contributed by atoms with Crippen LogP contribution in [0.15, 0.2) is 41.3 Å². The molecule has 4 nitrogen and oxygen atoms in total. The standard InChI is InChI=1S/C24H28ClF3N2O2S/c1-3-33(32)22-9-8-20(25)11-19(22)13-29-23(31)17-6-7-18(21(12-17)24(26,27)28)15-30-10-4-5-16(2)14-30/h6-9,11-12,16H,3-5,10,13-15H2,1-2H3,(H,29,31). The van der Waals surface area contributed by atoms with Gasteiger partial charge in [0.1, 0.15) is 5.75 Å². The third-order valence-electron chi connectivity index (χ3n) is 5.78. The number of carbonyl (C=O) groups excluding carboxylic acids is 1. The minimum atomic E-state index is -4.56. The quantitative estimate of drug-likeness (QED) is 0.500. The van der Waals surface area contributed by atoms with E-state index in [4.69, 9.17) is 11.6 Å². The number of nitrogens with zero attached hydrogens (tertiary/aromatic N) is 1. The van der Waals surface area contributed by atoms with Crippen molar-refractivity contribution in [2.24, 2.45) is 5.92 Å². The molecule has 0 aromatic heterocycles. The number of alkyl halides is 3. The molecule has 1 N–H and O–H groups in total. The number of nitrogens with one attached hydrogen (secondary N) is 1. The zero-order chi connectivity index (χ0) is 24.2. The Morgan fingerprint density at radius 3 is 2.67 bits per heavy atom. The van der Waals surface area contributed by atoms with E-state index in [9.17, 15) is 22.5 Å². The first-order chi connectivity index (χ1) is 15.6. The molecule has 33 heavy (non-hydrogen) atoms. The lowest BCUT2D eigenvalue weighted by Crippen LogP contribution is -2.34. The number of carbonyl (C=O) groups is 1. The van der Waals surface area contributed by atoms with Crippen molar-refractivity contribution in [3.63, 3.8) is 0 Å². The first kappa shape index (κ1) is 25.9. The average Bonchev–Trinajstić information content (AvgIpc) is 2.76. The molecule has 1 aliphatic rings. The number of amides is 1. The monoisotopic (exact) mass is 500 g/mol. The van der Waals surface area contributed by atoms with Gasteiger partial charge in [0, 0.05) is 35.8 Å². The van der Waals surface area contributed by atoms with Crippen molar-refractivity contribution in [1.29, 1.82) is 0 Å². The van der Waals surface area contributed by atoms with Crippen molar-refractivity contribution in [2.45, 2.75) is 50.9 Å². The van der Waals surface area contributed by atoms with Gasteiger partial charge in [0.05, 0.1) is 5.56 Å². The highest BCUT2D eigenvalue weighted by molar-refractivity contribution is 7.91. The Bertz CT molecular complexity index is 987. The van der Waals surface area contributed by atoms with Crippen LogP contribution in [-0.4, -0.2) is 34.2 Å². The summed E-state index contributed by atoms with van der Waals surface area (Å²) in [6.45, 7) is 5.63. The van der Waals surface area contributed by atoms with Crippen LogP contribution in [0.25, 0.3) is 0 Å². The number of piperidine rings is 1. The van der Waals surface area contributed by atoms with Gasteiger partial charge in [0.25, 0.3) is 5.91 Å². The van der Waals surface area contributed by atoms with Crippen molar-refractivity contribution in [2.75, 3.05) is 18.8 Å². The normalized spacial score (nSPS) is 18.2. The number of likely N-dealkylation sites (tertiary alicyclic amines) is 1. The average molecular weight is 501 g/mol. The largest absolute Gasteiger partial charge is 0.611 e. The topological polar surface area (TPSA) is 55.4 Å². The van der Waals surface area contributed by atoms with Crippen molar-refractivity contribution in [3.8, 4) is 0 Å².